The lowest BCUT2D eigenvalue weighted by atomic mass is 10.0. The molecule has 188 valence electrons. The van der Waals surface area contributed by atoms with Gasteiger partial charge >= 0.3 is 11.9 Å². The van der Waals surface area contributed by atoms with Gasteiger partial charge in [0.25, 0.3) is 15.9 Å². The second-order valence-electron chi connectivity index (χ2n) is 7.51. The molecule has 1 aromatic heterocycles. The Labute approximate surface area is 209 Å². The number of fused-ring (bicyclic) bond motifs is 1. The fourth-order valence-electron chi connectivity index (χ4n) is 3.49. The zero-order chi connectivity index (χ0) is 26.7. The number of hydrogen-bond donors (Lipinski definition) is 2. The Morgan fingerprint density at radius 2 is 1.65 bits per heavy atom. The van der Waals surface area contributed by atoms with Crippen molar-refractivity contribution < 1.29 is 41.8 Å². The van der Waals surface area contributed by atoms with Crippen molar-refractivity contribution in [3.63, 3.8) is 0 Å². The van der Waals surface area contributed by atoms with Gasteiger partial charge in [-0.1, -0.05) is 24.3 Å². The van der Waals surface area contributed by atoms with E-state index < -0.39 is 44.3 Å². The average molecular weight is 524 g/mol. The molecule has 0 saturated heterocycles. The van der Waals surface area contributed by atoms with Gasteiger partial charge in [0.2, 0.25) is 0 Å². The lowest BCUT2D eigenvalue weighted by Gasteiger charge is -2.16. The summed E-state index contributed by atoms with van der Waals surface area (Å²) in [5, 5.41) is 9.48. The van der Waals surface area contributed by atoms with E-state index in [-0.39, 0.29) is 33.4 Å². The topological polar surface area (TPSA) is 149 Å². The summed E-state index contributed by atoms with van der Waals surface area (Å²) in [4.78, 5) is 40.1. The number of aromatic nitrogens is 1. The summed E-state index contributed by atoms with van der Waals surface area (Å²) in [6.07, 6.45) is 1.05. The van der Waals surface area contributed by atoms with Crippen molar-refractivity contribution in [3.05, 3.63) is 95.6 Å². The van der Waals surface area contributed by atoms with Gasteiger partial charge in [-0.2, -0.15) is 0 Å². The number of sulfonamides is 1. The number of nitrogens with zero attached hydrogens (tertiary/aromatic N) is 1. The van der Waals surface area contributed by atoms with E-state index >= 15 is 0 Å². The van der Waals surface area contributed by atoms with Crippen molar-refractivity contribution in [1.82, 2.24) is 9.71 Å². The van der Waals surface area contributed by atoms with E-state index in [1.54, 1.807) is 12.1 Å². The quantitative estimate of drug-likeness (QED) is 0.274. The molecule has 1 heterocycles. The normalized spacial score (nSPS) is 11.1. The van der Waals surface area contributed by atoms with Gasteiger partial charge in [-0.05, 0) is 42.5 Å². The predicted octanol–water partition coefficient (Wildman–Crippen LogP) is 3.42. The highest BCUT2D eigenvalue weighted by Gasteiger charge is 2.28. The van der Waals surface area contributed by atoms with Crippen molar-refractivity contribution in [2.75, 3.05) is 7.11 Å². The van der Waals surface area contributed by atoms with Crippen molar-refractivity contribution in [1.29, 1.82) is 0 Å². The molecule has 0 saturated carbocycles. The first-order chi connectivity index (χ1) is 17.6. The van der Waals surface area contributed by atoms with Gasteiger partial charge < -0.3 is 14.6 Å². The number of rotatable bonds is 7. The van der Waals surface area contributed by atoms with Gasteiger partial charge in [-0.15, -0.1) is 0 Å². The molecule has 0 fully saturated rings. The van der Waals surface area contributed by atoms with Crippen LogP contribution in [0.5, 0.6) is 11.5 Å². The maximum absolute atomic E-state index is 13.3. The van der Waals surface area contributed by atoms with Crippen LogP contribution in [-0.2, 0) is 10.0 Å². The van der Waals surface area contributed by atoms with Crippen LogP contribution >= 0.6 is 0 Å². The molecule has 0 spiro atoms. The van der Waals surface area contributed by atoms with Gasteiger partial charge in [-0.3, -0.25) is 9.78 Å². The van der Waals surface area contributed by atoms with Gasteiger partial charge in [0.15, 0.2) is 0 Å². The number of benzene rings is 3. The molecule has 3 aromatic carbocycles. The minimum Gasteiger partial charge on any atom is -0.495 e. The molecule has 37 heavy (non-hydrogen) atoms. The van der Waals surface area contributed by atoms with Crippen LogP contribution in [-0.4, -0.2) is 43.5 Å². The SMILES string of the molecule is COc1c(C(=O)Oc2ccc(F)cc2)cc(S(=O)(=O)NC(=O)c2cc(C(=O)O)ccn2)c2ccccc12. The fourth-order valence-corrected chi connectivity index (χ4v) is 4.69. The van der Waals surface area contributed by atoms with Crippen LogP contribution in [0.1, 0.15) is 31.2 Å². The molecule has 0 atom stereocenters. The molecule has 0 aliphatic rings. The number of pyridine rings is 1. The summed E-state index contributed by atoms with van der Waals surface area (Å²) >= 11 is 0. The van der Waals surface area contributed by atoms with Gasteiger partial charge in [0.1, 0.15) is 28.6 Å². The number of hydrogen-bond acceptors (Lipinski definition) is 8. The molecular weight excluding hydrogens is 507 g/mol. The molecule has 4 aromatic rings. The molecule has 0 aliphatic heterocycles. The van der Waals surface area contributed by atoms with E-state index in [1.165, 1.54) is 31.4 Å². The second-order valence-corrected chi connectivity index (χ2v) is 9.16. The van der Waals surface area contributed by atoms with Crippen LogP contribution in [0.2, 0.25) is 0 Å². The van der Waals surface area contributed by atoms with E-state index in [9.17, 15) is 27.2 Å². The Morgan fingerprint density at radius 3 is 2.30 bits per heavy atom. The van der Waals surface area contributed by atoms with Crippen LogP contribution in [0, 0.1) is 5.82 Å². The summed E-state index contributed by atoms with van der Waals surface area (Å²) in [7, 11) is -3.34. The third-order valence-electron chi connectivity index (χ3n) is 5.16. The van der Waals surface area contributed by atoms with E-state index in [0.29, 0.717) is 0 Å². The van der Waals surface area contributed by atoms with Crippen LogP contribution in [0.25, 0.3) is 10.8 Å². The number of carboxylic acid groups (broad SMARTS) is 1. The highest BCUT2D eigenvalue weighted by Crippen LogP contribution is 2.35. The van der Waals surface area contributed by atoms with E-state index in [4.69, 9.17) is 14.6 Å². The summed E-state index contributed by atoms with van der Waals surface area (Å²) in [5.74, 6) is -4.03. The lowest BCUT2D eigenvalue weighted by Crippen LogP contribution is -2.31. The Bertz CT molecular complexity index is 1650. The number of methoxy groups -OCH3 is 1. The van der Waals surface area contributed by atoms with Gasteiger partial charge in [-0.25, -0.2) is 27.1 Å². The monoisotopic (exact) mass is 524 g/mol. The molecular formula is C25H17FN2O8S. The Morgan fingerprint density at radius 1 is 0.973 bits per heavy atom. The summed E-state index contributed by atoms with van der Waals surface area (Å²) in [5.41, 5.74) is -0.986. The van der Waals surface area contributed by atoms with Crippen LogP contribution in [0.15, 0.2) is 77.8 Å². The van der Waals surface area contributed by atoms with Gasteiger partial charge in [0.05, 0.1) is 17.6 Å². The zero-order valence-corrected chi connectivity index (χ0v) is 19.8. The fraction of sp³-hybridized carbons (Fsp3) is 0.0400. The first-order valence-corrected chi connectivity index (χ1v) is 11.9. The van der Waals surface area contributed by atoms with Crippen molar-refractivity contribution in [2.45, 2.75) is 4.90 Å². The van der Waals surface area contributed by atoms with E-state index in [0.717, 1.165) is 36.5 Å². The second kappa shape index (κ2) is 10.0. The average Bonchev–Trinajstić information content (AvgIpc) is 2.88. The lowest BCUT2D eigenvalue weighted by molar-refractivity contribution is 0.0694. The highest BCUT2D eigenvalue weighted by atomic mass is 32.2. The van der Waals surface area contributed by atoms with Gasteiger partial charge in [0, 0.05) is 17.0 Å². The molecule has 12 heteroatoms. The van der Waals surface area contributed by atoms with Crippen molar-refractivity contribution in [2.24, 2.45) is 0 Å². The van der Waals surface area contributed by atoms with Crippen molar-refractivity contribution in [3.8, 4) is 11.5 Å². The van der Waals surface area contributed by atoms with Crippen LogP contribution in [0.3, 0.4) is 0 Å². The maximum Gasteiger partial charge on any atom is 0.347 e. The number of carbonyl (C=O) groups is 3. The maximum atomic E-state index is 13.3. The number of halogens is 1. The van der Waals surface area contributed by atoms with E-state index in [2.05, 4.69) is 4.98 Å². The zero-order valence-electron chi connectivity index (χ0n) is 19.0. The van der Waals surface area contributed by atoms with Crippen molar-refractivity contribution >= 4 is 38.6 Å². The summed E-state index contributed by atoms with van der Waals surface area (Å²) in [6.45, 7) is 0. The third kappa shape index (κ3) is 5.23. The molecule has 2 N–H and O–H groups in total. The number of carbonyl (C=O) groups excluding carboxylic acids is 2. The molecule has 0 radical (unpaired) electrons. The molecule has 0 bridgehead atoms. The number of amides is 1. The standard InChI is InChI=1S/C25H17FN2O8S/c1-35-22-18-5-3-2-4-17(18)21(13-19(22)25(32)36-16-8-6-15(26)7-9-16)37(33,34)28-23(29)20-12-14(24(30)31)10-11-27-20/h2-13H,1H3,(H,28,29)(H,30,31). The molecule has 10 nitrogen and oxygen atoms in total. The number of esters is 1. The summed E-state index contributed by atoms with van der Waals surface area (Å²) < 4.78 is 52.3. The van der Waals surface area contributed by atoms with Crippen LogP contribution in [0.4, 0.5) is 4.39 Å². The highest BCUT2D eigenvalue weighted by molar-refractivity contribution is 7.90. The molecule has 4 rings (SSSR count). The Hall–Kier alpha value is -4.84. The Kier molecular flexibility index (Phi) is 6.85. The smallest absolute Gasteiger partial charge is 0.347 e. The first-order valence-electron chi connectivity index (χ1n) is 10.4. The van der Waals surface area contributed by atoms with Crippen LogP contribution < -0.4 is 14.2 Å². The molecule has 0 unspecified atom stereocenters. The summed E-state index contributed by atoms with van der Waals surface area (Å²) in [6, 6.07) is 13.8. The third-order valence-corrected chi connectivity index (χ3v) is 6.53. The number of aromatic carboxylic acids is 1. The largest absolute Gasteiger partial charge is 0.495 e. The Balaban J connectivity index is 1.78. The first kappa shape index (κ1) is 25.3. The minimum atomic E-state index is -4.63. The molecule has 1 amide bonds. The number of carboxylic acids is 1. The minimum absolute atomic E-state index is 0.00343. The predicted molar refractivity (Wildman–Crippen MR) is 128 cm³/mol. The molecule has 0 aliphatic carbocycles. The number of nitrogens with one attached hydrogen (secondary N) is 1. The number of ether oxygens (including phenoxy) is 2. The van der Waals surface area contributed by atoms with E-state index in [1.807, 2.05) is 4.72 Å².